The minimum atomic E-state index is -2.99. The van der Waals surface area contributed by atoms with Crippen LogP contribution in [0.25, 0.3) is 0 Å². The quantitative estimate of drug-likeness (QED) is 0.509. The van der Waals surface area contributed by atoms with Crippen LogP contribution in [0.1, 0.15) is 71.6 Å². The van der Waals surface area contributed by atoms with Crippen LogP contribution in [0.5, 0.6) is 5.88 Å². The number of nitrogen functional groups attached to an aromatic ring is 1. The van der Waals surface area contributed by atoms with Crippen LogP contribution in [-0.4, -0.2) is 38.0 Å². The Morgan fingerprint density at radius 3 is 2.56 bits per heavy atom. The Morgan fingerprint density at radius 1 is 1.15 bits per heavy atom. The third-order valence-electron chi connectivity index (χ3n) is 8.28. The molecule has 4 aliphatic rings. The van der Waals surface area contributed by atoms with E-state index in [0.29, 0.717) is 41.3 Å². The van der Waals surface area contributed by atoms with Crippen molar-refractivity contribution in [1.82, 2.24) is 9.97 Å². The number of hydrogen-bond donors (Lipinski definition) is 2. The number of allylic oxidation sites excluding steroid dienone is 3. The number of hydrogen-bond acceptors (Lipinski definition) is 6. The van der Waals surface area contributed by atoms with Crippen LogP contribution < -0.4 is 10.5 Å². The molecule has 1 aromatic rings. The maximum Gasteiger partial charge on any atom is 0.246 e. The molecule has 0 spiro atoms. The third kappa shape index (κ3) is 4.74. The molecule has 0 amide bonds. The van der Waals surface area contributed by atoms with Gasteiger partial charge in [-0.15, -0.1) is 0 Å². The van der Waals surface area contributed by atoms with Crippen LogP contribution >= 0.6 is 7.37 Å². The number of nitrogens with two attached hydrogens (primary N) is 1. The van der Waals surface area contributed by atoms with Crippen molar-refractivity contribution in [3.8, 4) is 5.88 Å². The van der Waals surface area contributed by atoms with Crippen molar-refractivity contribution in [3.63, 3.8) is 0 Å². The van der Waals surface area contributed by atoms with E-state index in [9.17, 15) is 9.46 Å². The van der Waals surface area contributed by atoms with Gasteiger partial charge in [0.15, 0.2) is 11.5 Å². The highest BCUT2D eigenvalue weighted by Crippen LogP contribution is 2.55. The van der Waals surface area contributed by atoms with E-state index in [1.165, 1.54) is 6.33 Å². The van der Waals surface area contributed by atoms with Crippen molar-refractivity contribution in [2.45, 2.75) is 82.9 Å². The number of aromatic nitrogens is 2. The Hall–Kier alpha value is -1.98. The highest BCUT2D eigenvalue weighted by molar-refractivity contribution is 7.58. The number of anilines is 1. The fraction of sp³-hybridized carbons (Fsp3) is 0.654. The lowest BCUT2D eigenvalue weighted by Crippen LogP contribution is -2.41. The van der Waals surface area contributed by atoms with Crippen LogP contribution in [0.2, 0.25) is 0 Å². The highest BCUT2D eigenvalue weighted by atomic mass is 31.2. The smallest absolute Gasteiger partial charge is 0.246 e. The van der Waals surface area contributed by atoms with Gasteiger partial charge in [0, 0.05) is 11.8 Å². The molecule has 8 heteroatoms. The maximum atomic E-state index is 12.9. The van der Waals surface area contributed by atoms with Crippen molar-refractivity contribution in [1.29, 1.82) is 0 Å². The minimum absolute atomic E-state index is 0.0693. The summed E-state index contributed by atoms with van der Waals surface area (Å²) in [5, 5.41) is 0. The van der Waals surface area contributed by atoms with E-state index in [2.05, 4.69) is 28.2 Å². The summed E-state index contributed by atoms with van der Waals surface area (Å²) >= 11 is 0. The predicted octanol–water partition coefficient (Wildman–Crippen LogP) is 5.82. The lowest BCUT2D eigenvalue weighted by molar-refractivity contribution is 0.171. The summed E-state index contributed by atoms with van der Waals surface area (Å²) in [7, 11) is -2.99. The summed E-state index contributed by atoms with van der Waals surface area (Å²) in [5.41, 5.74) is 7.91. The van der Waals surface area contributed by atoms with Crippen LogP contribution in [-0.2, 0) is 4.57 Å². The van der Waals surface area contributed by atoms with Gasteiger partial charge in [-0.3, -0.25) is 4.57 Å². The van der Waals surface area contributed by atoms with Crippen LogP contribution in [0.3, 0.4) is 0 Å². The first-order valence-electron chi connectivity index (χ1n) is 12.8. The number of fused-ring (bicyclic) bond motifs is 1. The monoisotopic (exact) mass is 484 g/mol. The lowest BCUT2D eigenvalue weighted by atomic mass is 9.73. The van der Waals surface area contributed by atoms with Crippen molar-refractivity contribution in [2.24, 2.45) is 22.7 Å². The molecule has 0 bridgehead atoms. The molecule has 34 heavy (non-hydrogen) atoms. The normalized spacial score (nSPS) is 30.6. The molecule has 7 nitrogen and oxygen atoms in total. The number of rotatable bonds is 5. The molecule has 2 heterocycles. The van der Waals surface area contributed by atoms with E-state index in [4.69, 9.17) is 15.5 Å². The zero-order valence-corrected chi connectivity index (χ0v) is 21.2. The Kier molecular flexibility index (Phi) is 6.45. The molecule has 184 valence electrons. The molecule has 0 saturated heterocycles. The van der Waals surface area contributed by atoms with Gasteiger partial charge in [-0.1, -0.05) is 31.1 Å². The highest BCUT2D eigenvalue weighted by Gasteiger charge is 2.38. The molecule has 0 radical (unpaired) electrons. The molecule has 2 saturated carbocycles. The molecule has 2 unspecified atom stereocenters. The lowest BCUT2D eigenvalue weighted by Gasteiger charge is -2.36. The fourth-order valence-electron chi connectivity index (χ4n) is 6.29. The Bertz CT molecular complexity index is 1070. The van der Waals surface area contributed by atoms with E-state index < -0.39 is 13.0 Å². The van der Waals surface area contributed by atoms with Crippen LogP contribution in [0, 0.1) is 17.8 Å². The maximum absolute atomic E-state index is 12.9. The summed E-state index contributed by atoms with van der Waals surface area (Å²) in [6.45, 7) is 4.00. The van der Waals surface area contributed by atoms with Gasteiger partial charge in [-0.05, 0) is 82.1 Å². The first-order valence-corrected chi connectivity index (χ1v) is 14.7. The zero-order valence-electron chi connectivity index (χ0n) is 20.3. The van der Waals surface area contributed by atoms with Gasteiger partial charge in [-0.25, -0.2) is 9.98 Å². The van der Waals surface area contributed by atoms with Crippen molar-refractivity contribution in [3.05, 3.63) is 30.1 Å². The second-order valence-corrected chi connectivity index (χ2v) is 13.7. The molecule has 0 aromatic carbocycles. The molecule has 2 atom stereocenters. The Morgan fingerprint density at radius 2 is 1.88 bits per heavy atom. The Labute approximate surface area is 202 Å². The molecular formula is C26H37N4O3P. The number of aliphatic imine (C=N–C) groups is 1. The average molecular weight is 485 g/mol. The van der Waals surface area contributed by atoms with E-state index in [0.717, 1.165) is 69.1 Å². The molecule has 2 fully saturated rings. The van der Waals surface area contributed by atoms with Gasteiger partial charge in [0.05, 0.1) is 5.71 Å². The first-order chi connectivity index (χ1) is 16.2. The topological polar surface area (TPSA) is 111 Å². The molecular weight excluding hydrogens is 447 g/mol. The summed E-state index contributed by atoms with van der Waals surface area (Å²) in [6.07, 6.45) is 18.3. The number of ether oxygens (including phenoxy) is 1. The fourth-order valence-corrected chi connectivity index (χ4v) is 8.87. The zero-order chi connectivity index (χ0) is 23.9. The summed E-state index contributed by atoms with van der Waals surface area (Å²) in [5.74, 6) is 2.31. The SMILES string of the molecule is CC1(C)Oc2ncnc(N)c2N=C1C1=CCC([C@H]2CC[C@H](CP(=O)(O)C3CCCC3)CC2)C=C1. The summed E-state index contributed by atoms with van der Waals surface area (Å²) in [4.78, 5) is 23.7. The minimum Gasteiger partial charge on any atom is -0.463 e. The van der Waals surface area contributed by atoms with E-state index in [-0.39, 0.29) is 5.66 Å². The average Bonchev–Trinajstić information content (AvgIpc) is 3.35. The molecule has 1 aliphatic heterocycles. The molecule has 5 rings (SSSR count). The van der Waals surface area contributed by atoms with Crippen LogP contribution in [0.15, 0.2) is 35.1 Å². The van der Waals surface area contributed by atoms with Crippen molar-refractivity contribution in [2.75, 3.05) is 11.9 Å². The second kappa shape index (κ2) is 9.23. The van der Waals surface area contributed by atoms with Crippen molar-refractivity contribution < 1.29 is 14.2 Å². The summed E-state index contributed by atoms with van der Waals surface area (Å²) < 4.78 is 19.0. The summed E-state index contributed by atoms with van der Waals surface area (Å²) in [6, 6.07) is 0. The third-order valence-corrected chi connectivity index (χ3v) is 11.0. The standard InChI is InChI=1S/C26H37N4O3P/c1-26(2)23(30-22-24(27)28-16-29-25(22)33-26)20-13-11-19(12-14-20)18-9-7-17(8-10-18)15-34(31,32)21-5-3-4-6-21/h11,13-14,16-19,21H,3-10,12,15H2,1-2H3,(H,31,32)(H2,27,28,29)/t17-,18-,19?. The van der Waals surface area contributed by atoms with E-state index in [1.54, 1.807) is 0 Å². The van der Waals surface area contributed by atoms with Gasteiger partial charge in [0.2, 0.25) is 13.2 Å². The van der Waals surface area contributed by atoms with E-state index in [1.807, 2.05) is 13.8 Å². The predicted molar refractivity (Wildman–Crippen MR) is 136 cm³/mol. The van der Waals surface area contributed by atoms with Gasteiger partial charge in [0.1, 0.15) is 11.9 Å². The van der Waals surface area contributed by atoms with Gasteiger partial charge in [-0.2, -0.15) is 4.98 Å². The first kappa shape index (κ1) is 23.7. The van der Waals surface area contributed by atoms with Gasteiger partial charge < -0.3 is 15.4 Å². The van der Waals surface area contributed by atoms with Crippen molar-refractivity contribution >= 4 is 24.6 Å². The second-order valence-electron chi connectivity index (χ2n) is 11.1. The van der Waals surface area contributed by atoms with Gasteiger partial charge >= 0.3 is 0 Å². The largest absolute Gasteiger partial charge is 0.463 e. The Balaban J connectivity index is 1.20. The van der Waals surface area contributed by atoms with Crippen LogP contribution in [0.4, 0.5) is 11.5 Å². The molecule has 3 aliphatic carbocycles. The number of nitrogens with zero attached hydrogens (tertiary/aromatic N) is 3. The molecule has 1 aromatic heterocycles. The van der Waals surface area contributed by atoms with E-state index >= 15 is 0 Å². The molecule has 3 N–H and O–H groups in total. The van der Waals surface area contributed by atoms with Gasteiger partial charge in [0.25, 0.3) is 0 Å².